The van der Waals surface area contributed by atoms with E-state index in [9.17, 15) is 0 Å². The first kappa shape index (κ1) is 12.2. The maximum Gasteiger partial charge on any atom is 0.128 e. The lowest BCUT2D eigenvalue weighted by Gasteiger charge is -2.40. The molecule has 2 rings (SSSR count). The second-order valence-electron chi connectivity index (χ2n) is 4.71. The van der Waals surface area contributed by atoms with Crippen molar-refractivity contribution in [2.24, 2.45) is 5.73 Å². The molecule has 3 heteroatoms. The first-order valence-corrected chi connectivity index (χ1v) is 6.26. The van der Waals surface area contributed by atoms with E-state index in [4.69, 9.17) is 15.2 Å². The summed E-state index contributed by atoms with van der Waals surface area (Å²) in [4.78, 5) is 0. The lowest BCUT2D eigenvalue weighted by Crippen LogP contribution is -2.41. The van der Waals surface area contributed by atoms with Gasteiger partial charge in [0.2, 0.25) is 0 Å². The third-order valence-corrected chi connectivity index (χ3v) is 3.83. The highest BCUT2D eigenvalue weighted by Crippen LogP contribution is 2.42. The number of hydrogen-bond donors (Lipinski definition) is 1. The molecule has 94 valence electrons. The summed E-state index contributed by atoms with van der Waals surface area (Å²) < 4.78 is 11.4. The van der Waals surface area contributed by atoms with Crippen LogP contribution < -0.4 is 15.2 Å². The molecular formula is C14H21NO2. The summed E-state index contributed by atoms with van der Waals surface area (Å²) in [7, 11) is 1.66. The lowest BCUT2D eigenvalue weighted by atomic mass is 9.84. The van der Waals surface area contributed by atoms with Crippen LogP contribution in [0.2, 0.25) is 0 Å². The van der Waals surface area contributed by atoms with Gasteiger partial charge in [-0.3, -0.25) is 0 Å². The van der Waals surface area contributed by atoms with Crippen LogP contribution in [-0.2, 0) is 0 Å². The van der Waals surface area contributed by atoms with Crippen LogP contribution in [0.4, 0.5) is 0 Å². The van der Waals surface area contributed by atoms with Crippen molar-refractivity contribution in [2.45, 2.75) is 44.8 Å². The van der Waals surface area contributed by atoms with Gasteiger partial charge < -0.3 is 15.2 Å². The fourth-order valence-electron chi connectivity index (χ4n) is 2.51. The summed E-state index contributed by atoms with van der Waals surface area (Å²) in [6.07, 6.45) is 2.85. The van der Waals surface area contributed by atoms with Gasteiger partial charge in [0.15, 0.2) is 0 Å². The van der Waals surface area contributed by atoms with Gasteiger partial charge in [0.25, 0.3) is 0 Å². The molecule has 0 bridgehead atoms. The molecule has 1 aliphatic rings. The normalized spacial score (nSPS) is 21.5. The quantitative estimate of drug-likeness (QED) is 0.875. The molecule has 17 heavy (non-hydrogen) atoms. The molecule has 2 N–H and O–H groups in total. The summed E-state index contributed by atoms with van der Waals surface area (Å²) in [6.45, 7) is 4.31. The van der Waals surface area contributed by atoms with Crippen molar-refractivity contribution < 1.29 is 9.47 Å². The van der Waals surface area contributed by atoms with Gasteiger partial charge in [-0.05, 0) is 18.9 Å². The van der Waals surface area contributed by atoms with Crippen molar-refractivity contribution in [2.75, 3.05) is 7.11 Å². The number of methoxy groups -OCH3 is 1. The zero-order valence-corrected chi connectivity index (χ0v) is 10.8. The van der Waals surface area contributed by atoms with Gasteiger partial charge >= 0.3 is 0 Å². The molecule has 0 fully saturated rings. The Labute approximate surface area is 103 Å². The van der Waals surface area contributed by atoms with Crippen LogP contribution in [0.5, 0.6) is 11.5 Å². The number of rotatable bonds is 3. The molecule has 1 aromatic rings. The highest BCUT2D eigenvalue weighted by atomic mass is 16.5. The minimum atomic E-state index is -0.112. The van der Waals surface area contributed by atoms with Crippen molar-refractivity contribution in [3.8, 4) is 11.5 Å². The first-order chi connectivity index (χ1) is 8.14. The smallest absolute Gasteiger partial charge is 0.128 e. The molecule has 0 aliphatic carbocycles. The van der Waals surface area contributed by atoms with Gasteiger partial charge in [0.1, 0.15) is 17.1 Å². The van der Waals surface area contributed by atoms with E-state index in [1.165, 1.54) is 0 Å². The molecule has 3 nitrogen and oxygen atoms in total. The Kier molecular flexibility index (Phi) is 3.29. The highest BCUT2D eigenvalue weighted by molar-refractivity contribution is 5.44. The van der Waals surface area contributed by atoms with E-state index in [-0.39, 0.29) is 11.6 Å². The maximum atomic E-state index is 6.24. The summed E-state index contributed by atoms with van der Waals surface area (Å²) in [5.41, 5.74) is 7.22. The molecule has 1 aromatic carbocycles. The summed E-state index contributed by atoms with van der Waals surface area (Å²) in [5, 5.41) is 0. The number of nitrogens with two attached hydrogens (primary N) is 1. The molecule has 1 unspecified atom stereocenters. The molecule has 0 spiro atoms. The van der Waals surface area contributed by atoms with Gasteiger partial charge in [-0.25, -0.2) is 0 Å². The third kappa shape index (κ3) is 2.12. The maximum absolute atomic E-state index is 6.24. The van der Waals surface area contributed by atoms with Gasteiger partial charge in [0, 0.05) is 24.1 Å². The molecule has 0 amide bonds. The Bertz CT molecular complexity index is 399. The van der Waals surface area contributed by atoms with Crippen LogP contribution in [-0.4, -0.2) is 12.7 Å². The minimum absolute atomic E-state index is 0.0598. The molecule has 0 saturated carbocycles. The fraction of sp³-hybridized carbons (Fsp3) is 0.571. The Balaban J connectivity index is 2.39. The summed E-state index contributed by atoms with van der Waals surface area (Å²) in [6, 6.07) is 5.94. The predicted octanol–water partition coefficient (Wildman–Crippen LogP) is 3.04. The van der Waals surface area contributed by atoms with Crippen LogP contribution in [0.3, 0.4) is 0 Å². The molecule has 1 aliphatic heterocycles. The monoisotopic (exact) mass is 235 g/mol. The molecule has 0 saturated heterocycles. The fourth-order valence-corrected chi connectivity index (χ4v) is 2.51. The second kappa shape index (κ2) is 4.57. The van der Waals surface area contributed by atoms with Crippen molar-refractivity contribution in [3.05, 3.63) is 23.8 Å². The van der Waals surface area contributed by atoms with Crippen molar-refractivity contribution in [1.82, 2.24) is 0 Å². The number of ether oxygens (including phenoxy) is 2. The van der Waals surface area contributed by atoms with Crippen LogP contribution in [0.1, 0.15) is 44.7 Å². The molecular weight excluding hydrogens is 214 g/mol. The van der Waals surface area contributed by atoms with Crippen LogP contribution in [0.15, 0.2) is 18.2 Å². The largest absolute Gasteiger partial charge is 0.497 e. The van der Waals surface area contributed by atoms with E-state index < -0.39 is 0 Å². The van der Waals surface area contributed by atoms with Gasteiger partial charge in [0.05, 0.1) is 7.11 Å². The topological polar surface area (TPSA) is 44.5 Å². The number of benzene rings is 1. The van der Waals surface area contributed by atoms with Gasteiger partial charge in [-0.2, -0.15) is 0 Å². The number of hydrogen-bond acceptors (Lipinski definition) is 3. The first-order valence-electron chi connectivity index (χ1n) is 6.26. The van der Waals surface area contributed by atoms with E-state index in [2.05, 4.69) is 13.8 Å². The molecule has 1 atom stereocenters. The SMILES string of the molecule is CCC1(CC)CC(N)c2ccc(OC)cc2O1. The highest BCUT2D eigenvalue weighted by Gasteiger charge is 2.37. The van der Waals surface area contributed by atoms with E-state index in [0.29, 0.717) is 0 Å². The minimum Gasteiger partial charge on any atom is -0.497 e. The Hall–Kier alpha value is -1.22. The van der Waals surface area contributed by atoms with E-state index >= 15 is 0 Å². The van der Waals surface area contributed by atoms with E-state index in [1.807, 2.05) is 18.2 Å². The molecule has 0 radical (unpaired) electrons. The summed E-state index contributed by atoms with van der Waals surface area (Å²) in [5.74, 6) is 1.70. The Morgan fingerprint density at radius 1 is 1.41 bits per heavy atom. The van der Waals surface area contributed by atoms with Gasteiger partial charge in [-0.15, -0.1) is 0 Å². The number of fused-ring (bicyclic) bond motifs is 1. The van der Waals surface area contributed by atoms with Crippen molar-refractivity contribution >= 4 is 0 Å². The molecule has 1 heterocycles. The predicted molar refractivity (Wildman–Crippen MR) is 68.5 cm³/mol. The zero-order valence-electron chi connectivity index (χ0n) is 10.8. The molecule has 0 aromatic heterocycles. The van der Waals surface area contributed by atoms with Gasteiger partial charge in [-0.1, -0.05) is 19.9 Å². The lowest BCUT2D eigenvalue weighted by molar-refractivity contribution is 0.0280. The Morgan fingerprint density at radius 3 is 2.71 bits per heavy atom. The second-order valence-corrected chi connectivity index (χ2v) is 4.71. The van der Waals surface area contributed by atoms with Crippen molar-refractivity contribution in [3.63, 3.8) is 0 Å². The van der Waals surface area contributed by atoms with Crippen LogP contribution in [0, 0.1) is 0 Å². The third-order valence-electron chi connectivity index (χ3n) is 3.83. The average Bonchev–Trinajstić information content (AvgIpc) is 2.37. The Morgan fingerprint density at radius 2 is 2.12 bits per heavy atom. The van der Waals surface area contributed by atoms with Crippen molar-refractivity contribution in [1.29, 1.82) is 0 Å². The van der Waals surface area contributed by atoms with E-state index in [1.54, 1.807) is 7.11 Å². The van der Waals surface area contributed by atoms with Crippen LogP contribution >= 0.6 is 0 Å². The standard InChI is InChI=1S/C14H21NO2/c1-4-14(5-2)9-12(15)11-7-6-10(16-3)8-13(11)17-14/h6-8,12H,4-5,9,15H2,1-3H3. The van der Waals surface area contributed by atoms with Crippen LogP contribution in [0.25, 0.3) is 0 Å². The average molecular weight is 235 g/mol. The zero-order chi connectivity index (χ0) is 12.5. The van der Waals surface area contributed by atoms with E-state index in [0.717, 1.165) is 36.3 Å². The summed E-state index contributed by atoms with van der Waals surface area (Å²) >= 11 is 0.